The Morgan fingerprint density at radius 2 is 0.336 bits per heavy atom. The highest BCUT2D eigenvalue weighted by atomic mass is 14.6. The minimum atomic E-state index is -0.266. The van der Waals surface area contributed by atoms with Crippen LogP contribution in [-0.4, -0.2) is 0 Å². The van der Waals surface area contributed by atoms with Crippen LogP contribution >= 0.6 is 0 Å². The topological polar surface area (TPSA) is 0 Å². The Hall–Kier alpha value is -15.6. The normalized spacial score (nSPS) is 14.0. The summed E-state index contributed by atoms with van der Waals surface area (Å²) in [5.74, 6) is 0. The van der Waals surface area contributed by atoms with Crippen molar-refractivity contribution < 1.29 is 0 Å². The average Bonchev–Trinajstić information content (AvgIpc) is 1.52. The molecule has 128 heavy (non-hydrogen) atoms. The van der Waals surface area contributed by atoms with Crippen molar-refractivity contribution in [2.45, 2.75) is 49.4 Å². The lowest BCUT2D eigenvalue weighted by atomic mass is 9.70. The first kappa shape index (κ1) is 75.0. The molecule has 0 radical (unpaired) electrons. The molecule has 20 aromatic rings. The van der Waals surface area contributed by atoms with Gasteiger partial charge >= 0.3 is 0 Å². The summed E-state index contributed by atoms with van der Waals surface area (Å²) in [6, 6.07) is 171. The Balaban J connectivity index is 0.0000000926. The Bertz CT molecular complexity index is 7830. The van der Waals surface area contributed by atoms with Crippen molar-refractivity contribution in [2.24, 2.45) is 0 Å². The second kappa shape index (κ2) is 29.0. The van der Waals surface area contributed by atoms with Crippen LogP contribution in [0, 0.1) is 27.7 Å². The van der Waals surface area contributed by atoms with E-state index >= 15 is 0 Å². The number of aryl methyl sites for hydroxylation is 4. The van der Waals surface area contributed by atoms with E-state index in [0.717, 1.165) is 0 Å². The van der Waals surface area contributed by atoms with E-state index in [0.29, 0.717) is 0 Å². The van der Waals surface area contributed by atoms with Crippen molar-refractivity contribution in [1.82, 2.24) is 0 Å². The largest absolute Gasteiger partial charge is 0.0725 e. The number of hydrogen-bond acceptors (Lipinski definition) is 0. The van der Waals surface area contributed by atoms with Crippen LogP contribution in [-0.2, 0) is 21.7 Å². The fourth-order valence-corrected chi connectivity index (χ4v) is 24.6. The molecule has 0 heterocycles. The number of rotatable bonds is 4. The summed E-state index contributed by atoms with van der Waals surface area (Å²) >= 11 is 0. The molecule has 0 aromatic heterocycles. The van der Waals surface area contributed by atoms with E-state index in [1.165, 1.54) is 245 Å². The molecule has 8 aliphatic carbocycles. The van der Waals surface area contributed by atoms with Crippen LogP contribution in [0.25, 0.3) is 134 Å². The van der Waals surface area contributed by atoms with Gasteiger partial charge in [-0.1, -0.05) is 466 Å². The van der Waals surface area contributed by atoms with Gasteiger partial charge < -0.3 is 0 Å². The van der Waals surface area contributed by atoms with Crippen LogP contribution in [0.2, 0.25) is 0 Å². The van der Waals surface area contributed by atoms with Gasteiger partial charge in [0.1, 0.15) is 0 Å². The molecule has 0 unspecified atom stereocenters. The van der Waals surface area contributed by atoms with Gasteiger partial charge in [-0.15, -0.1) is 0 Å². The minimum absolute atomic E-state index is 0.245. The van der Waals surface area contributed by atoms with Crippen LogP contribution in [0.4, 0.5) is 0 Å². The Morgan fingerprint density at radius 3 is 0.680 bits per heavy atom. The molecule has 0 saturated carbocycles. The van der Waals surface area contributed by atoms with Gasteiger partial charge in [-0.25, -0.2) is 0 Å². The van der Waals surface area contributed by atoms with Crippen LogP contribution in [0.15, 0.2) is 461 Å². The molecule has 0 bridgehead atoms. The quantitative estimate of drug-likeness (QED) is 0.165. The average molecular weight is 1630 g/mol. The van der Waals surface area contributed by atoms with E-state index in [1.54, 1.807) is 0 Å². The molecule has 0 amide bonds. The van der Waals surface area contributed by atoms with Crippen molar-refractivity contribution in [1.29, 1.82) is 0 Å². The monoisotopic (exact) mass is 1620 g/mol. The minimum Gasteiger partial charge on any atom is -0.0620 e. The van der Waals surface area contributed by atoms with E-state index in [4.69, 9.17) is 0 Å². The van der Waals surface area contributed by atoms with Gasteiger partial charge in [0, 0.05) is 0 Å². The molecular weight excluding hydrogens is 1540 g/mol. The van der Waals surface area contributed by atoms with Crippen molar-refractivity contribution in [3.05, 3.63) is 572 Å². The number of hydrogen-bond donors (Lipinski definition) is 0. The molecule has 28 rings (SSSR count). The van der Waals surface area contributed by atoms with E-state index < -0.39 is 0 Å². The third-order valence-corrected chi connectivity index (χ3v) is 29.5. The summed E-state index contributed by atoms with van der Waals surface area (Å²) in [4.78, 5) is 0. The van der Waals surface area contributed by atoms with Crippen molar-refractivity contribution in [3.63, 3.8) is 0 Å². The molecule has 600 valence electrons. The second-order valence-corrected chi connectivity index (χ2v) is 35.9. The SMILES string of the molecule is Cc1ccc(-c2ccc3c(c2)-c2ccccc2C32c3ccccc3-c3ccccc32)cc1.Cc1cccc(-c2ccc3c(c2)-c2ccccc2C32c3ccccc3-c3ccccc32)c1.Cc1cccc(-c2cccc3c2-c2ccccc2C32c3ccccc3-c3ccccc32)c1.Cc1ccccc1-c1cccc2c1-c1ccccc1C21c2ccccc2-c2ccccc21. The van der Waals surface area contributed by atoms with Crippen LogP contribution in [0.5, 0.6) is 0 Å². The van der Waals surface area contributed by atoms with Gasteiger partial charge in [0.05, 0.1) is 21.7 Å². The zero-order chi connectivity index (χ0) is 85.1. The van der Waals surface area contributed by atoms with Gasteiger partial charge in [0.2, 0.25) is 0 Å². The summed E-state index contributed by atoms with van der Waals surface area (Å²) in [5.41, 5.74) is 58.6. The summed E-state index contributed by atoms with van der Waals surface area (Å²) in [5, 5.41) is 0. The van der Waals surface area contributed by atoms with Gasteiger partial charge in [0.15, 0.2) is 0 Å². The van der Waals surface area contributed by atoms with Gasteiger partial charge in [0.25, 0.3) is 0 Å². The second-order valence-electron chi connectivity index (χ2n) is 35.9. The third-order valence-electron chi connectivity index (χ3n) is 29.5. The summed E-state index contributed by atoms with van der Waals surface area (Å²) < 4.78 is 0. The van der Waals surface area contributed by atoms with Crippen molar-refractivity contribution in [2.75, 3.05) is 0 Å². The molecule has 0 N–H and O–H groups in total. The van der Waals surface area contributed by atoms with Crippen LogP contribution < -0.4 is 0 Å². The maximum Gasteiger partial charge on any atom is 0.0725 e. The lowest BCUT2D eigenvalue weighted by molar-refractivity contribution is 0.794. The fraction of sp³-hybridized carbons (Fsp3) is 0.0625. The maximum atomic E-state index is 2.40. The maximum absolute atomic E-state index is 2.40. The summed E-state index contributed by atoms with van der Waals surface area (Å²) in [6.45, 7) is 8.69. The van der Waals surface area contributed by atoms with Crippen molar-refractivity contribution >= 4 is 0 Å². The molecule has 20 aromatic carbocycles. The highest BCUT2D eigenvalue weighted by molar-refractivity contribution is 6.04. The predicted octanol–water partition coefficient (Wildman–Crippen LogP) is 32.0. The molecule has 4 spiro atoms. The molecule has 0 atom stereocenters. The molecule has 0 aliphatic heterocycles. The summed E-state index contributed by atoms with van der Waals surface area (Å²) in [6.07, 6.45) is 0. The van der Waals surface area contributed by atoms with E-state index in [9.17, 15) is 0 Å². The summed E-state index contributed by atoms with van der Waals surface area (Å²) in [7, 11) is 0. The zero-order valence-corrected chi connectivity index (χ0v) is 71.9. The molecule has 0 heteroatoms. The molecule has 0 nitrogen and oxygen atoms in total. The first-order valence-corrected chi connectivity index (χ1v) is 45.2. The Morgan fingerprint density at radius 1 is 0.117 bits per heavy atom. The molecular formula is C128H88. The zero-order valence-electron chi connectivity index (χ0n) is 71.9. The fourth-order valence-electron chi connectivity index (χ4n) is 24.6. The number of fused-ring (bicyclic) bond motifs is 40. The lowest BCUT2D eigenvalue weighted by Crippen LogP contribution is -2.25. The molecule has 8 aliphatic rings. The van der Waals surface area contributed by atoms with E-state index in [-0.39, 0.29) is 21.7 Å². The lowest BCUT2D eigenvalue weighted by Gasteiger charge is -2.30. The highest BCUT2D eigenvalue weighted by Gasteiger charge is 2.56. The predicted molar refractivity (Wildman–Crippen MR) is 532 cm³/mol. The Labute approximate surface area is 749 Å². The number of benzene rings is 20. The Kier molecular flexibility index (Phi) is 17.0. The highest BCUT2D eigenvalue weighted by Crippen LogP contribution is 2.69. The van der Waals surface area contributed by atoms with E-state index in [1.807, 2.05) is 0 Å². The standard InChI is InChI=1S/4C32H22/c1-21-10-8-11-22(20-21)23-15-9-19-30-31(23)26-14-4-7-18-29(26)32(30)27-16-5-2-12-24(27)25-13-3-6-17-28(25)32;1-21-9-8-10-22(19-21)23-17-18-31-27(20-23)26-13-4-7-16-30(26)32(31)28-14-5-2-11-24(28)25-12-3-6-15-29(25)32;1-21-14-16-22(17-15-21)23-18-19-31-27(20-23)26-10-4-7-13-30(26)32(31)28-11-5-2-8-24(28)25-9-3-6-12-29(25)32;1-21-11-2-3-12-22(21)25-16-10-20-30-31(25)26-15-6-9-19-29(26)32(30)27-17-7-4-13-23(27)24-14-5-8-18-28(24)32/h4*2-20H,1H3. The van der Waals surface area contributed by atoms with Crippen LogP contribution in [0.3, 0.4) is 0 Å². The van der Waals surface area contributed by atoms with Gasteiger partial charge in [-0.05, 0) is 268 Å². The van der Waals surface area contributed by atoms with E-state index in [2.05, 4.69) is 489 Å². The molecule has 0 fully saturated rings. The first-order chi connectivity index (χ1) is 63.2. The smallest absolute Gasteiger partial charge is 0.0620 e. The van der Waals surface area contributed by atoms with Crippen molar-refractivity contribution in [3.8, 4) is 134 Å². The first-order valence-electron chi connectivity index (χ1n) is 45.2. The third kappa shape index (κ3) is 10.5. The molecule has 0 saturated heterocycles. The van der Waals surface area contributed by atoms with Gasteiger partial charge in [-0.3, -0.25) is 0 Å². The van der Waals surface area contributed by atoms with Crippen LogP contribution in [0.1, 0.15) is 111 Å². The van der Waals surface area contributed by atoms with Gasteiger partial charge in [-0.2, -0.15) is 0 Å².